The van der Waals surface area contributed by atoms with Crippen LogP contribution in [0.25, 0.3) is 0 Å². The van der Waals surface area contributed by atoms with Gasteiger partial charge in [-0.2, -0.15) is 13.2 Å². The minimum Gasteiger partial charge on any atom is -0.443 e. The van der Waals surface area contributed by atoms with Gasteiger partial charge in [-0.05, 0) is 39.0 Å². The van der Waals surface area contributed by atoms with E-state index in [2.05, 4.69) is 10.9 Å². The maximum atomic E-state index is 12.7. The van der Waals surface area contributed by atoms with E-state index >= 15 is 0 Å². The van der Waals surface area contributed by atoms with Gasteiger partial charge >= 0.3 is 12.3 Å². The molecule has 0 radical (unpaired) electrons. The second-order valence-electron chi connectivity index (χ2n) is 5.73. The number of benzene rings is 1. The summed E-state index contributed by atoms with van der Waals surface area (Å²) in [6, 6.07) is 2.11. The average Bonchev–Trinajstić information content (AvgIpc) is 2.31. The molecule has 130 valence electrons. The normalized spacial score (nSPS) is 12.7. The summed E-state index contributed by atoms with van der Waals surface area (Å²) in [4.78, 5) is 10.9. The summed E-state index contributed by atoms with van der Waals surface area (Å²) in [6.45, 7) is 4.85. The van der Waals surface area contributed by atoms with E-state index in [9.17, 15) is 26.4 Å². The van der Waals surface area contributed by atoms with Crippen LogP contribution in [0.1, 0.15) is 26.3 Å². The van der Waals surface area contributed by atoms with E-state index in [1.54, 1.807) is 20.8 Å². The van der Waals surface area contributed by atoms with Gasteiger partial charge in [-0.3, -0.25) is 5.43 Å². The zero-order chi connectivity index (χ0) is 18.1. The molecule has 0 aliphatic heterocycles. The molecule has 0 aliphatic carbocycles. The molecule has 0 spiro atoms. The number of hydrazine groups is 1. The number of amides is 1. The molecule has 1 aromatic carbocycles. The standard InChI is InChI=1S/C13H17F3N2O4S/c1-12(2,3)22-11(19)18-17-9-6-5-8(13(14,15)16)7-10(9)23(4,20)21/h5-7,17H,1-4H3,(H,18,19). The number of carbonyl (C=O) groups is 1. The van der Waals surface area contributed by atoms with E-state index in [4.69, 9.17) is 4.74 Å². The first-order chi connectivity index (χ1) is 10.2. The van der Waals surface area contributed by atoms with E-state index in [-0.39, 0.29) is 5.69 Å². The molecule has 6 nitrogen and oxygen atoms in total. The molecule has 0 atom stereocenters. The van der Waals surface area contributed by atoms with Crippen LogP contribution in [-0.4, -0.2) is 26.4 Å². The molecule has 0 fully saturated rings. The van der Waals surface area contributed by atoms with Crippen molar-refractivity contribution >= 4 is 21.6 Å². The first-order valence-electron chi connectivity index (χ1n) is 6.36. The fourth-order valence-electron chi connectivity index (χ4n) is 1.53. The van der Waals surface area contributed by atoms with Crippen LogP contribution in [0.5, 0.6) is 0 Å². The van der Waals surface area contributed by atoms with Gasteiger partial charge in [0.2, 0.25) is 0 Å². The second-order valence-corrected chi connectivity index (χ2v) is 7.72. The minimum absolute atomic E-state index is 0.202. The van der Waals surface area contributed by atoms with Crippen molar-refractivity contribution in [2.24, 2.45) is 0 Å². The Morgan fingerprint density at radius 2 is 1.74 bits per heavy atom. The molecule has 0 heterocycles. The lowest BCUT2D eigenvalue weighted by molar-refractivity contribution is -0.137. The van der Waals surface area contributed by atoms with Crippen molar-refractivity contribution in [1.29, 1.82) is 0 Å². The third kappa shape index (κ3) is 5.97. The van der Waals surface area contributed by atoms with Gasteiger partial charge in [0.15, 0.2) is 9.84 Å². The molecule has 0 aromatic heterocycles. The Kier molecular flexibility index (Phi) is 5.20. The maximum Gasteiger partial charge on any atom is 0.426 e. The number of sulfone groups is 1. The van der Waals surface area contributed by atoms with Gasteiger partial charge in [-0.1, -0.05) is 0 Å². The van der Waals surface area contributed by atoms with Crippen LogP contribution in [-0.2, 0) is 20.8 Å². The molecule has 23 heavy (non-hydrogen) atoms. The molecular weight excluding hydrogens is 337 g/mol. The monoisotopic (exact) mass is 354 g/mol. The fraction of sp³-hybridized carbons (Fsp3) is 0.462. The first kappa shape index (κ1) is 19.1. The van der Waals surface area contributed by atoms with Crippen LogP contribution in [0.15, 0.2) is 23.1 Å². The summed E-state index contributed by atoms with van der Waals surface area (Å²) < 4.78 is 66.3. The predicted octanol–water partition coefficient (Wildman–Crippen LogP) is 2.96. The molecule has 1 amide bonds. The lowest BCUT2D eigenvalue weighted by Gasteiger charge is -2.20. The van der Waals surface area contributed by atoms with Crippen LogP contribution in [0, 0.1) is 0 Å². The number of halogens is 3. The molecule has 10 heteroatoms. The molecule has 0 bridgehead atoms. The Morgan fingerprint density at radius 1 is 1.17 bits per heavy atom. The summed E-state index contributed by atoms with van der Waals surface area (Å²) in [7, 11) is -3.95. The Balaban J connectivity index is 3.06. The van der Waals surface area contributed by atoms with Crippen molar-refractivity contribution in [2.45, 2.75) is 37.4 Å². The van der Waals surface area contributed by atoms with Crippen molar-refractivity contribution in [2.75, 3.05) is 11.7 Å². The third-order valence-electron chi connectivity index (χ3n) is 2.41. The quantitative estimate of drug-likeness (QED) is 0.815. The number of alkyl halides is 3. The van der Waals surface area contributed by atoms with E-state index in [0.29, 0.717) is 12.1 Å². The van der Waals surface area contributed by atoms with Crippen molar-refractivity contribution < 1.29 is 31.1 Å². The van der Waals surface area contributed by atoms with Crippen molar-refractivity contribution in [3.8, 4) is 0 Å². The van der Waals surface area contributed by atoms with E-state index in [1.807, 2.05) is 0 Å². The van der Waals surface area contributed by atoms with E-state index in [1.165, 1.54) is 0 Å². The van der Waals surface area contributed by atoms with Crippen LogP contribution < -0.4 is 10.9 Å². The smallest absolute Gasteiger partial charge is 0.426 e. The third-order valence-corrected chi connectivity index (χ3v) is 3.54. The number of hydrogen-bond acceptors (Lipinski definition) is 5. The molecule has 0 saturated heterocycles. The highest BCUT2D eigenvalue weighted by atomic mass is 32.2. The SMILES string of the molecule is CC(C)(C)OC(=O)NNc1ccc(C(F)(F)F)cc1S(C)(=O)=O. The number of nitrogens with one attached hydrogen (secondary N) is 2. The fourth-order valence-corrected chi connectivity index (χ4v) is 2.39. The van der Waals surface area contributed by atoms with Gasteiger partial charge in [0.05, 0.1) is 16.1 Å². The Morgan fingerprint density at radius 3 is 2.17 bits per heavy atom. The van der Waals surface area contributed by atoms with Crippen LogP contribution >= 0.6 is 0 Å². The van der Waals surface area contributed by atoms with Gasteiger partial charge in [0.1, 0.15) is 5.60 Å². The zero-order valence-electron chi connectivity index (χ0n) is 12.9. The number of ether oxygens (including phenoxy) is 1. The van der Waals surface area contributed by atoms with Gasteiger partial charge in [-0.25, -0.2) is 18.6 Å². The highest BCUT2D eigenvalue weighted by Gasteiger charge is 2.32. The maximum absolute atomic E-state index is 12.7. The largest absolute Gasteiger partial charge is 0.443 e. The Bertz CT molecular complexity index is 694. The lowest BCUT2D eigenvalue weighted by atomic mass is 10.2. The van der Waals surface area contributed by atoms with Crippen molar-refractivity contribution in [3.63, 3.8) is 0 Å². The molecule has 1 rings (SSSR count). The van der Waals surface area contributed by atoms with Crippen molar-refractivity contribution in [1.82, 2.24) is 5.43 Å². The van der Waals surface area contributed by atoms with Gasteiger partial charge in [-0.15, -0.1) is 0 Å². The highest BCUT2D eigenvalue weighted by Crippen LogP contribution is 2.33. The van der Waals surface area contributed by atoms with Gasteiger partial charge in [0, 0.05) is 6.26 Å². The number of hydrogen-bond donors (Lipinski definition) is 2. The summed E-state index contributed by atoms with van der Waals surface area (Å²) in [5, 5.41) is 0. The summed E-state index contributed by atoms with van der Waals surface area (Å²) in [5.74, 6) is 0. The summed E-state index contributed by atoms with van der Waals surface area (Å²) in [6.07, 6.45) is -4.82. The molecule has 1 aromatic rings. The van der Waals surface area contributed by atoms with Crippen LogP contribution in [0.2, 0.25) is 0 Å². The number of anilines is 1. The summed E-state index contributed by atoms with van der Waals surface area (Å²) >= 11 is 0. The van der Waals surface area contributed by atoms with Crippen molar-refractivity contribution in [3.05, 3.63) is 23.8 Å². The highest BCUT2D eigenvalue weighted by molar-refractivity contribution is 7.90. The Hall–Kier alpha value is -1.97. The van der Waals surface area contributed by atoms with E-state index < -0.39 is 38.2 Å². The first-order valence-corrected chi connectivity index (χ1v) is 8.25. The topological polar surface area (TPSA) is 84.5 Å². The Labute approximate surface area is 131 Å². The molecule has 0 saturated carbocycles. The number of carbonyl (C=O) groups excluding carboxylic acids is 1. The zero-order valence-corrected chi connectivity index (χ0v) is 13.7. The summed E-state index contributed by atoms with van der Waals surface area (Å²) in [5.41, 5.74) is 2.22. The molecule has 0 aliphatic rings. The van der Waals surface area contributed by atoms with Crippen LogP contribution in [0.3, 0.4) is 0 Å². The van der Waals surface area contributed by atoms with Gasteiger partial charge in [0.25, 0.3) is 0 Å². The minimum atomic E-state index is -4.68. The second kappa shape index (κ2) is 6.26. The lowest BCUT2D eigenvalue weighted by Crippen LogP contribution is -2.36. The van der Waals surface area contributed by atoms with E-state index in [0.717, 1.165) is 12.3 Å². The van der Waals surface area contributed by atoms with Gasteiger partial charge < -0.3 is 4.74 Å². The predicted molar refractivity (Wildman–Crippen MR) is 77.5 cm³/mol. The molecule has 2 N–H and O–H groups in total. The molecular formula is C13H17F3N2O4S. The van der Waals surface area contributed by atoms with Crippen LogP contribution in [0.4, 0.5) is 23.7 Å². The number of rotatable bonds is 3. The molecule has 0 unspecified atom stereocenters. The average molecular weight is 354 g/mol.